The van der Waals surface area contributed by atoms with Gasteiger partial charge in [0.25, 0.3) is 0 Å². The Bertz CT molecular complexity index is 376. The Morgan fingerprint density at radius 2 is 2.06 bits per heavy atom. The fourth-order valence-electron chi connectivity index (χ4n) is 2.22. The molecular formula is C12H18O4P2. The van der Waals surface area contributed by atoms with Gasteiger partial charge in [0.05, 0.1) is 6.10 Å². The van der Waals surface area contributed by atoms with Gasteiger partial charge in [-0.3, -0.25) is 0 Å². The van der Waals surface area contributed by atoms with Crippen molar-refractivity contribution >= 4 is 17.4 Å². The summed E-state index contributed by atoms with van der Waals surface area (Å²) in [5, 5.41) is 20.4. The lowest BCUT2D eigenvalue weighted by Gasteiger charge is -2.22. The largest absolute Gasteiger partial charge is 0.387 e. The van der Waals surface area contributed by atoms with Crippen LogP contribution < -0.4 is 0 Å². The Balaban J connectivity index is 2.10. The predicted molar refractivity (Wildman–Crippen MR) is 74.6 cm³/mol. The van der Waals surface area contributed by atoms with E-state index in [-0.39, 0.29) is 20.7 Å². The normalized spacial score (nSPS) is 34.2. The van der Waals surface area contributed by atoms with Crippen LogP contribution in [0.1, 0.15) is 18.6 Å². The Hall–Kier alpha value is -0.0800. The molecule has 1 fully saturated rings. The van der Waals surface area contributed by atoms with E-state index in [1.165, 1.54) is 0 Å². The lowest BCUT2D eigenvalue weighted by Crippen LogP contribution is -2.35. The average Bonchev–Trinajstić information content (AvgIpc) is 2.67. The van der Waals surface area contributed by atoms with Gasteiger partial charge in [0, 0.05) is 8.50 Å². The summed E-state index contributed by atoms with van der Waals surface area (Å²) in [7, 11) is 2.68. The number of aliphatic hydroxyl groups is 2. The third-order valence-corrected chi connectivity index (χ3v) is 3.98. The Kier molecular flexibility index (Phi) is 5.08. The third kappa shape index (κ3) is 2.91. The SMILES string of the molecule is C[C@@H]1O[C@@H]([C@@H](O)c2ccccc2)[C@@H](O)[C@@H]1OPP. The first-order chi connectivity index (χ1) is 8.65. The van der Waals surface area contributed by atoms with Gasteiger partial charge in [0.15, 0.2) is 0 Å². The number of rotatable bonds is 4. The van der Waals surface area contributed by atoms with Crippen molar-refractivity contribution in [2.75, 3.05) is 0 Å². The standard InChI is InChI=1S/C12H18O4P2/c1-7-11(16-18-17)10(14)12(15-7)9(13)8-5-3-2-4-6-8/h2-7,9-14,18H,17H2,1H3/t7-,9-,10-,11+,12-/m0/s1. The second-order valence-electron chi connectivity index (χ2n) is 4.35. The van der Waals surface area contributed by atoms with Gasteiger partial charge < -0.3 is 19.5 Å². The molecule has 0 aliphatic carbocycles. The Labute approximate surface area is 111 Å². The van der Waals surface area contributed by atoms with Gasteiger partial charge in [-0.1, -0.05) is 39.3 Å². The first kappa shape index (κ1) is 14.3. The van der Waals surface area contributed by atoms with Gasteiger partial charge >= 0.3 is 0 Å². The molecule has 1 aliphatic rings. The highest BCUT2D eigenvalue weighted by Gasteiger charge is 2.45. The van der Waals surface area contributed by atoms with Crippen LogP contribution in [0.3, 0.4) is 0 Å². The van der Waals surface area contributed by atoms with E-state index in [0.29, 0.717) is 0 Å². The molecular weight excluding hydrogens is 270 g/mol. The molecule has 0 aromatic heterocycles. The highest BCUT2D eigenvalue weighted by atomic mass is 32.0. The van der Waals surface area contributed by atoms with Crippen molar-refractivity contribution in [3.05, 3.63) is 35.9 Å². The van der Waals surface area contributed by atoms with E-state index in [9.17, 15) is 10.2 Å². The Morgan fingerprint density at radius 1 is 1.39 bits per heavy atom. The molecule has 2 rings (SSSR count). The molecule has 1 saturated heterocycles. The van der Waals surface area contributed by atoms with Gasteiger partial charge in [-0.15, -0.1) is 0 Å². The molecule has 100 valence electrons. The van der Waals surface area contributed by atoms with Crippen molar-refractivity contribution in [3.63, 3.8) is 0 Å². The molecule has 7 atom stereocenters. The van der Waals surface area contributed by atoms with Gasteiger partial charge in [-0.05, 0) is 12.5 Å². The minimum atomic E-state index is -0.843. The summed E-state index contributed by atoms with van der Waals surface area (Å²) < 4.78 is 11.1. The molecule has 1 heterocycles. The molecule has 0 amide bonds. The molecule has 0 saturated carbocycles. The van der Waals surface area contributed by atoms with Crippen molar-refractivity contribution in [1.29, 1.82) is 0 Å². The molecule has 2 unspecified atom stereocenters. The summed E-state index contributed by atoms with van der Waals surface area (Å²) in [6, 6.07) is 9.21. The predicted octanol–water partition coefficient (Wildman–Crippen LogP) is 1.64. The number of ether oxygens (including phenoxy) is 1. The summed E-state index contributed by atoms with van der Waals surface area (Å²) in [5.41, 5.74) is 0.739. The zero-order valence-electron chi connectivity index (χ0n) is 10.1. The summed E-state index contributed by atoms with van der Waals surface area (Å²) >= 11 is 0. The maximum Gasteiger partial charge on any atom is 0.117 e. The van der Waals surface area contributed by atoms with Crippen LogP contribution in [0.2, 0.25) is 0 Å². The van der Waals surface area contributed by atoms with Crippen molar-refractivity contribution < 1.29 is 19.5 Å². The average molecular weight is 288 g/mol. The quantitative estimate of drug-likeness (QED) is 0.827. The lowest BCUT2D eigenvalue weighted by molar-refractivity contribution is -0.0634. The second kappa shape index (κ2) is 6.38. The van der Waals surface area contributed by atoms with Crippen LogP contribution in [0.25, 0.3) is 0 Å². The molecule has 6 heteroatoms. The first-order valence-corrected chi connectivity index (χ1v) is 8.54. The van der Waals surface area contributed by atoms with E-state index in [2.05, 4.69) is 8.93 Å². The maximum atomic E-state index is 10.3. The van der Waals surface area contributed by atoms with Crippen LogP contribution >= 0.6 is 17.4 Å². The molecule has 0 radical (unpaired) electrons. The van der Waals surface area contributed by atoms with Gasteiger partial charge in [-0.2, -0.15) is 0 Å². The molecule has 1 aromatic carbocycles. The van der Waals surface area contributed by atoms with Crippen molar-refractivity contribution in [1.82, 2.24) is 0 Å². The zero-order valence-corrected chi connectivity index (χ0v) is 12.2. The first-order valence-electron chi connectivity index (χ1n) is 5.83. The summed E-state index contributed by atoms with van der Waals surface area (Å²) in [5.74, 6) is 0. The van der Waals surface area contributed by atoms with Crippen LogP contribution in [-0.4, -0.2) is 34.6 Å². The Morgan fingerprint density at radius 3 is 2.67 bits per heavy atom. The minimum absolute atomic E-state index is 0.208. The smallest absolute Gasteiger partial charge is 0.117 e. The molecule has 1 aromatic rings. The highest BCUT2D eigenvalue weighted by molar-refractivity contribution is 8.00. The molecule has 2 N–H and O–H groups in total. The fourth-order valence-corrected chi connectivity index (χ4v) is 3.18. The topological polar surface area (TPSA) is 58.9 Å². The fraction of sp³-hybridized carbons (Fsp3) is 0.500. The number of aliphatic hydroxyl groups excluding tert-OH is 2. The van der Waals surface area contributed by atoms with E-state index in [4.69, 9.17) is 9.26 Å². The van der Waals surface area contributed by atoms with Gasteiger partial charge in [0.2, 0.25) is 0 Å². The van der Waals surface area contributed by atoms with Crippen LogP contribution in [-0.2, 0) is 9.26 Å². The van der Waals surface area contributed by atoms with E-state index < -0.39 is 18.3 Å². The number of hydrogen-bond acceptors (Lipinski definition) is 4. The number of benzene rings is 1. The lowest BCUT2D eigenvalue weighted by atomic mass is 9.99. The van der Waals surface area contributed by atoms with Gasteiger partial charge in [-0.25, -0.2) is 0 Å². The van der Waals surface area contributed by atoms with Crippen LogP contribution in [0.5, 0.6) is 0 Å². The maximum absolute atomic E-state index is 10.3. The summed E-state index contributed by atoms with van der Waals surface area (Å²) in [6.07, 6.45) is -2.91. The van der Waals surface area contributed by atoms with E-state index >= 15 is 0 Å². The number of hydrogen-bond donors (Lipinski definition) is 2. The van der Waals surface area contributed by atoms with Crippen molar-refractivity contribution in [3.8, 4) is 0 Å². The van der Waals surface area contributed by atoms with E-state index in [0.717, 1.165) is 5.56 Å². The zero-order chi connectivity index (χ0) is 13.1. The molecule has 1 aliphatic heterocycles. The summed E-state index contributed by atoms with van der Waals surface area (Å²) in [6.45, 7) is 1.84. The molecule has 0 bridgehead atoms. The third-order valence-electron chi connectivity index (χ3n) is 3.16. The van der Waals surface area contributed by atoms with Gasteiger partial charge in [0.1, 0.15) is 24.4 Å². The van der Waals surface area contributed by atoms with Crippen LogP contribution in [0.15, 0.2) is 30.3 Å². The van der Waals surface area contributed by atoms with Crippen LogP contribution in [0.4, 0.5) is 0 Å². The monoisotopic (exact) mass is 288 g/mol. The highest BCUT2D eigenvalue weighted by Crippen LogP contribution is 2.36. The minimum Gasteiger partial charge on any atom is -0.387 e. The van der Waals surface area contributed by atoms with Crippen molar-refractivity contribution in [2.24, 2.45) is 0 Å². The van der Waals surface area contributed by atoms with Crippen LogP contribution in [0, 0.1) is 0 Å². The van der Waals surface area contributed by atoms with E-state index in [1.54, 1.807) is 0 Å². The second-order valence-corrected chi connectivity index (χ2v) is 5.53. The molecule has 0 spiro atoms. The summed E-state index contributed by atoms with van der Waals surface area (Å²) in [4.78, 5) is 0. The molecule has 4 nitrogen and oxygen atoms in total. The molecule has 18 heavy (non-hydrogen) atoms. The van der Waals surface area contributed by atoms with Crippen molar-refractivity contribution in [2.45, 2.75) is 37.4 Å². The van der Waals surface area contributed by atoms with E-state index in [1.807, 2.05) is 37.3 Å².